The molecule has 0 aliphatic heterocycles. The topological polar surface area (TPSA) is 146 Å². The van der Waals surface area contributed by atoms with Gasteiger partial charge in [-0.2, -0.15) is 0 Å². The quantitative estimate of drug-likeness (QED) is 0.185. The Labute approximate surface area is 173 Å². The number of hydrogen-bond donors (Lipinski definition) is 3. The maximum Gasteiger partial charge on any atom is 0.343 e. The average Bonchev–Trinajstić information content (AvgIpc) is 2.72. The molecule has 5 N–H and O–H groups in total. The zero-order valence-corrected chi connectivity index (χ0v) is 16.2. The molecule has 9 nitrogen and oxygen atoms in total. The monoisotopic (exact) mass is 410 g/mol. The van der Waals surface area contributed by atoms with Gasteiger partial charge in [0.15, 0.2) is 12.6 Å². The number of carbonyl (C=O) groups is 3. The molecule has 0 saturated heterocycles. The predicted molar refractivity (Wildman–Crippen MR) is 111 cm³/mol. The van der Waals surface area contributed by atoms with E-state index in [-0.39, 0.29) is 19.0 Å². The highest BCUT2D eigenvalue weighted by molar-refractivity contribution is 5.91. The zero-order valence-electron chi connectivity index (χ0n) is 16.2. The number of rotatable bonds is 9. The molecule has 9 heteroatoms. The van der Waals surface area contributed by atoms with Crippen LogP contribution in [0, 0.1) is 0 Å². The van der Waals surface area contributed by atoms with E-state index in [1.165, 1.54) is 6.08 Å². The Kier molecular flexibility index (Phi) is 8.13. The van der Waals surface area contributed by atoms with E-state index >= 15 is 0 Å². The SMILES string of the molecule is C=CCNC(=O)COC(=O)Cc1ccc(OC(=O)c2ccc(N=C(N)N)cc2)cc1. The summed E-state index contributed by atoms with van der Waals surface area (Å²) in [6, 6.07) is 12.6. The van der Waals surface area contributed by atoms with E-state index in [0.29, 0.717) is 29.1 Å². The lowest BCUT2D eigenvalue weighted by atomic mass is 10.1. The van der Waals surface area contributed by atoms with Gasteiger partial charge in [-0.3, -0.25) is 9.59 Å². The van der Waals surface area contributed by atoms with Gasteiger partial charge in [0.05, 0.1) is 17.7 Å². The highest BCUT2D eigenvalue weighted by Gasteiger charge is 2.11. The number of esters is 2. The third-order valence-corrected chi connectivity index (χ3v) is 3.65. The van der Waals surface area contributed by atoms with Crippen LogP contribution in [0.3, 0.4) is 0 Å². The Morgan fingerprint density at radius 2 is 1.70 bits per heavy atom. The van der Waals surface area contributed by atoms with Crippen molar-refractivity contribution in [3.05, 3.63) is 72.3 Å². The van der Waals surface area contributed by atoms with E-state index in [4.69, 9.17) is 20.9 Å². The smallest absolute Gasteiger partial charge is 0.343 e. The normalized spacial score (nSPS) is 9.87. The van der Waals surface area contributed by atoms with E-state index in [9.17, 15) is 14.4 Å². The molecule has 0 spiro atoms. The van der Waals surface area contributed by atoms with Crippen LogP contribution in [-0.2, 0) is 20.7 Å². The van der Waals surface area contributed by atoms with Crippen LogP contribution in [0.4, 0.5) is 5.69 Å². The molecular formula is C21H22N4O5. The summed E-state index contributed by atoms with van der Waals surface area (Å²) in [5, 5.41) is 2.50. The second-order valence-electron chi connectivity index (χ2n) is 6.05. The number of carbonyl (C=O) groups excluding carboxylic acids is 3. The van der Waals surface area contributed by atoms with Gasteiger partial charge in [0.2, 0.25) is 0 Å². The van der Waals surface area contributed by atoms with Crippen molar-refractivity contribution in [3.8, 4) is 5.75 Å². The van der Waals surface area contributed by atoms with Gasteiger partial charge in [-0.15, -0.1) is 6.58 Å². The molecule has 2 aromatic carbocycles. The summed E-state index contributed by atoms with van der Waals surface area (Å²) in [6.45, 7) is 3.42. The summed E-state index contributed by atoms with van der Waals surface area (Å²) in [7, 11) is 0. The first kappa shape index (κ1) is 22.2. The van der Waals surface area contributed by atoms with Gasteiger partial charge in [0, 0.05) is 6.54 Å². The van der Waals surface area contributed by atoms with Crippen LogP contribution in [0.15, 0.2) is 66.2 Å². The molecule has 2 aromatic rings. The van der Waals surface area contributed by atoms with Gasteiger partial charge in [-0.25, -0.2) is 9.79 Å². The molecule has 0 saturated carbocycles. The Morgan fingerprint density at radius 3 is 2.30 bits per heavy atom. The molecule has 0 bridgehead atoms. The molecular weight excluding hydrogens is 388 g/mol. The summed E-state index contributed by atoms with van der Waals surface area (Å²) in [5.41, 5.74) is 12.1. The molecule has 0 fully saturated rings. The lowest BCUT2D eigenvalue weighted by Gasteiger charge is -2.07. The number of nitrogens with zero attached hydrogens (tertiary/aromatic N) is 1. The Morgan fingerprint density at radius 1 is 1.03 bits per heavy atom. The average molecular weight is 410 g/mol. The van der Waals surface area contributed by atoms with E-state index < -0.39 is 17.8 Å². The summed E-state index contributed by atoms with van der Waals surface area (Å²) in [6.07, 6.45) is 1.51. The first-order chi connectivity index (χ1) is 14.4. The summed E-state index contributed by atoms with van der Waals surface area (Å²) in [5.74, 6) is -1.27. The van der Waals surface area contributed by atoms with Gasteiger partial charge in [0.1, 0.15) is 5.75 Å². The van der Waals surface area contributed by atoms with Gasteiger partial charge < -0.3 is 26.3 Å². The molecule has 0 aromatic heterocycles. The standard InChI is InChI=1S/C21H22N4O5/c1-2-11-24-18(26)13-29-19(27)12-14-3-9-17(10-4-14)30-20(28)15-5-7-16(8-6-15)25-21(22)23/h2-10H,1,11-13H2,(H,24,26)(H4,22,23,25). The van der Waals surface area contributed by atoms with Crippen LogP contribution in [0.25, 0.3) is 0 Å². The lowest BCUT2D eigenvalue weighted by Crippen LogP contribution is -2.29. The van der Waals surface area contributed by atoms with Crippen LogP contribution in [0.2, 0.25) is 0 Å². The van der Waals surface area contributed by atoms with Crippen molar-refractivity contribution in [2.24, 2.45) is 16.5 Å². The first-order valence-corrected chi connectivity index (χ1v) is 8.91. The zero-order chi connectivity index (χ0) is 21.9. The highest BCUT2D eigenvalue weighted by Crippen LogP contribution is 2.17. The maximum atomic E-state index is 12.2. The largest absolute Gasteiger partial charge is 0.455 e. The summed E-state index contributed by atoms with van der Waals surface area (Å²) in [4.78, 5) is 39.3. The number of hydrogen-bond acceptors (Lipinski definition) is 6. The molecule has 0 heterocycles. The van der Waals surface area contributed by atoms with E-state index in [0.717, 1.165) is 0 Å². The molecule has 156 valence electrons. The van der Waals surface area contributed by atoms with Crippen molar-refractivity contribution in [3.63, 3.8) is 0 Å². The Balaban J connectivity index is 1.85. The first-order valence-electron chi connectivity index (χ1n) is 8.91. The van der Waals surface area contributed by atoms with Crippen molar-refractivity contribution < 1.29 is 23.9 Å². The molecule has 0 aliphatic rings. The fourth-order valence-electron chi connectivity index (χ4n) is 2.26. The van der Waals surface area contributed by atoms with Crippen LogP contribution in [0.5, 0.6) is 5.75 Å². The molecule has 2 rings (SSSR count). The number of nitrogens with two attached hydrogens (primary N) is 2. The molecule has 0 atom stereocenters. The minimum atomic E-state index is -0.552. The van der Waals surface area contributed by atoms with E-state index in [1.807, 2.05) is 0 Å². The molecule has 30 heavy (non-hydrogen) atoms. The number of nitrogens with one attached hydrogen (secondary N) is 1. The van der Waals surface area contributed by atoms with Gasteiger partial charge in [-0.05, 0) is 42.0 Å². The van der Waals surface area contributed by atoms with Crippen LogP contribution < -0.4 is 21.5 Å². The van der Waals surface area contributed by atoms with E-state index in [1.54, 1.807) is 48.5 Å². The highest BCUT2D eigenvalue weighted by atomic mass is 16.5. The summed E-state index contributed by atoms with van der Waals surface area (Å²) >= 11 is 0. The Bertz CT molecular complexity index is 933. The number of aliphatic imine (C=N–C) groups is 1. The van der Waals surface area contributed by atoms with Crippen molar-refractivity contribution in [1.29, 1.82) is 0 Å². The van der Waals surface area contributed by atoms with Crippen molar-refractivity contribution in [2.75, 3.05) is 13.2 Å². The molecule has 0 aliphatic carbocycles. The molecule has 1 amide bonds. The maximum absolute atomic E-state index is 12.2. The van der Waals surface area contributed by atoms with Crippen molar-refractivity contribution >= 4 is 29.5 Å². The fraction of sp³-hybridized carbons (Fsp3) is 0.143. The van der Waals surface area contributed by atoms with Gasteiger partial charge >= 0.3 is 11.9 Å². The second kappa shape index (κ2) is 11.0. The number of ether oxygens (including phenoxy) is 2. The third-order valence-electron chi connectivity index (χ3n) is 3.65. The van der Waals surface area contributed by atoms with Crippen LogP contribution >= 0.6 is 0 Å². The number of guanidine groups is 1. The van der Waals surface area contributed by atoms with Gasteiger partial charge in [-0.1, -0.05) is 18.2 Å². The minimum Gasteiger partial charge on any atom is -0.455 e. The lowest BCUT2D eigenvalue weighted by molar-refractivity contribution is -0.147. The predicted octanol–water partition coefficient (Wildman–Crippen LogP) is 1.20. The van der Waals surface area contributed by atoms with E-state index in [2.05, 4.69) is 16.9 Å². The Hall–Kier alpha value is -4.14. The fourth-order valence-corrected chi connectivity index (χ4v) is 2.26. The molecule has 0 radical (unpaired) electrons. The third kappa shape index (κ3) is 7.47. The van der Waals surface area contributed by atoms with Crippen LogP contribution in [0.1, 0.15) is 15.9 Å². The number of amides is 1. The number of benzene rings is 2. The van der Waals surface area contributed by atoms with Gasteiger partial charge in [0.25, 0.3) is 5.91 Å². The van der Waals surface area contributed by atoms with Crippen molar-refractivity contribution in [2.45, 2.75) is 6.42 Å². The minimum absolute atomic E-state index is 0.0186. The van der Waals surface area contributed by atoms with Crippen molar-refractivity contribution in [1.82, 2.24) is 5.32 Å². The summed E-state index contributed by atoms with van der Waals surface area (Å²) < 4.78 is 10.2. The molecule has 0 unspecified atom stereocenters. The van der Waals surface area contributed by atoms with Crippen LogP contribution in [-0.4, -0.2) is 37.0 Å². The second-order valence-corrected chi connectivity index (χ2v) is 6.05.